The van der Waals surface area contributed by atoms with Crippen LogP contribution in [0.1, 0.15) is 11.1 Å². The van der Waals surface area contributed by atoms with Gasteiger partial charge in [-0.2, -0.15) is 0 Å². The molecule has 2 rings (SSSR count). The molecule has 0 fully saturated rings. The fourth-order valence-electron chi connectivity index (χ4n) is 1.69. The van der Waals surface area contributed by atoms with Gasteiger partial charge in [0.05, 0.1) is 0 Å². The van der Waals surface area contributed by atoms with E-state index in [-0.39, 0.29) is 4.90 Å². The monoisotopic (exact) mass is 465 g/mol. The van der Waals surface area contributed by atoms with E-state index in [4.69, 9.17) is 0 Å². The summed E-state index contributed by atoms with van der Waals surface area (Å²) in [5.41, 5.74) is 2.68. The number of aryl methyl sites for hydroxylation is 2. The first-order valence-corrected chi connectivity index (χ1v) is 9.20. The van der Waals surface area contributed by atoms with E-state index in [1.165, 1.54) is 0 Å². The number of halogens is 2. The molecule has 20 heavy (non-hydrogen) atoms. The lowest BCUT2D eigenvalue weighted by molar-refractivity contribution is 0.600. The Balaban J connectivity index is 2.38. The highest BCUT2D eigenvalue weighted by Crippen LogP contribution is 2.26. The number of sulfonamides is 1. The largest absolute Gasteiger partial charge is 0.280 e. The summed E-state index contributed by atoms with van der Waals surface area (Å²) in [6.07, 6.45) is 0. The van der Waals surface area contributed by atoms with Crippen LogP contribution in [-0.4, -0.2) is 8.42 Å². The van der Waals surface area contributed by atoms with E-state index in [1.54, 1.807) is 24.3 Å². The quantitative estimate of drug-likeness (QED) is 0.679. The second-order valence-corrected chi connectivity index (χ2v) is 8.17. The molecule has 0 saturated heterocycles. The molecule has 0 aliphatic heterocycles. The van der Waals surface area contributed by atoms with Crippen LogP contribution < -0.4 is 4.72 Å². The summed E-state index contributed by atoms with van der Waals surface area (Å²) in [6, 6.07) is 10.6. The van der Waals surface area contributed by atoms with Crippen molar-refractivity contribution in [1.29, 1.82) is 0 Å². The van der Waals surface area contributed by atoms with Crippen molar-refractivity contribution in [3.63, 3.8) is 0 Å². The Labute approximate surface area is 141 Å². The SMILES string of the molecule is Cc1ccc(S(=O)(=O)Nc2ccc(C)c(I)c2)c(Br)c1. The Hall–Kier alpha value is -0.600. The number of hydrogen-bond donors (Lipinski definition) is 1. The lowest BCUT2D eigenvalue weighted by Gasteiger charge is -2.11. The van der Waals surface area contributed by atoms with Crippen LogP contribution in [0.25, 0.3) is 0 Å². The normalized spacial score (nSPS) is 11.4. The van der Waals surface area contributed by atoms with Gasteiger partial charge in [0, 0.05) is 13.7 Å². The standard InChI is InChI=1S/C14H13BrINO2S/c1-9-3-6-14(12(15)7-9)20(18,19)17-11-5-4-10(2)13(16)8-11/h3-8,17H,1-2H3. The van der Waals surface area contributed by atoms with Crippen LogP contribution in [0.5, 0.6) is 0 Å². The first-order chi connectivity index (χ1) is 9.29. The minimum atomic E-state index is -3.59. The Morgan fingerprint density at radius 3 is 2.40 bits per heavy atom. The molecule has 6 heteroatoms. The smallest absolute Gasteiger partial charge is 0.263 e. The minimum Gasteiger partial charge on any atom is -0.280 e. The van der Waals surface area contributed by atoms with Crippen LogP contribution in [0.2, 0.25) is 0 Å². The predicted octanol–water partition coefficient (Wildman–Crippen LogP) is 4.47. The van der Waals surface area contributed by atoms with Crippen molar-refractivity contribution in [1.82, 2.24) is 0 Å². The number of hydrogen-bond acceptors (Lipinski definition) is 2. The average molecular weight is 466 g/mol. The maximum atomic E-state index is 12.4. The van der Waals surface area contributed by atoms with Crippen molar-refractivity contribution in [3.05, 3.63) is 55.6 Å². The zero-order valence-corrected chi connectivity index (χ0v) is 15.5. The third-order valence-corrected chi connectivity index (χ3v) is 6.32. The van der Waals surface area contributed by atoms with Crippen molar-refractivity contribution in [2.75, 3.05) is 4.72 Å². The zero-order valence-electron chi connectivity index (χ0n) is 10.9. The van der Waals surface area contributed by atoms with Gasteiger partial charge in [-0.3, -0.25) is 4.72 Å². The van der Waals surface area contributed by atoms with Crippen LogP contribution in [0, 0.1) is 17.4 Å². The Bertz CT molecular complexity index is 760. The van der Waals surface area contributed by atoms with E-state index in [1.807, 2.05) is 26.0 Å². The van der Waals surface area contributed by atoms with Gasteiger partial charge in [-0.15, -0.1) is 0 Å². The number of benzene rings is 2. The first kappa shape index (κ1) is 15.8. The molecule has 0 spiro atoms. The summed E-state index contributed by atoms with van der Waals surface area (Å²) in [5, 5.41) is 0. The van der Waals surface area contributed by atoms with Crippen LogP contribution in [-0.2, 0) is 10.0 Å². The fourth-order valence-corrected chi connectivity index (χ4v) is 4.45. The van der Waals surface area contributed by atoms with Gasteiger partial charge in [-0.1, -0.05) is 12.1 Å². The molecule has 0 radical (unpaired) electrons. The van der Waals surface area contributed by atoms with Gasteiger partial charge < -0.3 is 0 Å². The molecule has 0 atom stereocenters. The average Bonchev–Trinajstić information content (AvgIpc) is 2.33. The zero-order chi connectivity index (χ0) is 14.9. The first-order valence-electron chi connectivity index (χ1n) is 5.85. The second kappa shape index (κ2) is 6.03. The van der Waals surface area contributed by atoms with E-state index in [0.717, 1.165) is 14.7 Å². The van der Waals surface area contributed by atoms with Gasteiger partial charge in [0.1, 0.15) is 4.90 Å². The summed E-state index contributed by atoms with van der Waals surface area (Å²) < 4.78 is 29.0. The fraction of sp³-hybridized carbons (Fsp3) is 0.143. The lowest BCUT2D eigenvalue weighted by Crippen LogP contribution is -2.13. The molecular formula is C14H13BrINO2S. The van der Waals surface area contributed by atoms with E-state index in [2.05, 4.69) is 43.2 Å². The molecule has 0 saturated carbocycles. The Morgan fingerprint density at radius 1 is 1.10 bits per heavy atom. The van der Waals surface area contributed by atoms with Crippen molar-refractivity contribution in [3.8, 4) is 0 Å². The van der Waals surface area contributed by atoms with E-state index < -0.39 is 10.0 Å². The second-order valence-electron chi connectivity index (χ2n) is 4.50. The highest BCUT2D eigenvalue weighted by Gasteiger charge is 2.17. The minimum absolute atomic E-state index is 0.235. The molecule has 0 aromatic heterocycles. The van der Waals surface area contributed by atoms with Crippen molar-refractivity contribution in [2.45, 2.75) is 18.7 Å². The summed E-state index contributed by atoms with van der Waals surface area (Å²) >= 11 is 5.48. The molecule has 0 bridgehead atoms. The maximum Gasteiger partial charge on any atom is 0.263 e. The van der Waals surface area contributed by atoms with E-state index in [9.17, 15) is 8.42 Å². The van der Waals surface area contributed by atoms with Crippen molar-refractivity contribution >= 4 is 54.2 Å². The topological polar surface area (TPSA) is 46.2 Å². The third-order valence-electron chi connectivity index (χ3n) is 2.80. The Morgan fingerprint density at radius 2 is 1.80 bits per heavy atom. The van der Waals surface area contributed by atoms with Crippen molar-refractivity contribution in [2.24, 2.45) is 0 Å². The van der Waals surface area contributed by atoms with Crippen LogP contribution in [0.4, 0.5) is 5.69 Å². The molecule has 106 valence electrons. The molecule has 3 nitrogen and oxygen atoms in total. The number of rotatable bonds is 3. The predicted molar refractivity (Wildman–Crippen MR) is 93.6 cm³/mol. The molecule has 0 heterocycles. The summed E-state index contributed by atoms with van der Waals surface area (Å²) in [5.74, 6) is 0. The number of anilines is 1. The van der Waals surface area contributed by atoms with Gasteiger partial charge in [-0.05, 0) is 87.8 Å². The third kappa shape index (κ3) is 3.53. The molecule has 1 N–H and O–H groups in total. The van der Waals surface area contributed by atoms with Gasteiger partial charge in [-0.25, -0.2) is 8.42 Å². The molecule has 0 aliphatic carbocycles. The summed E-state index contributed by atoms with van der Waals surface area (Å²) in [7, 11) is -3.59. The summed E-state index contributed by atoms with van der Waals surface area (Å²) in [4.78, 5) is 0.235. The molecule has 2 aromatic rings. The maximum absolute atomic E-state index is 12.4. The van der Waals surface area contributed by atoms with Crippen LogP contribution in [0.3, 0.4) is 0 Å². The van der Waals surface area contributed by atoms with Crippen LogP contribution in [0.15, 0.2) is 45.8 Å². The van der Waals surface area contributed by atoms with Crippen LogP contribution >= 0.6 is 38.5 Å². The van der Waals surface area contributed by atoms with Crippen molar-refractivity contribution < 1.29 is 8.42 Å². The molecule has 0 amide bonds. The molecular weight excluding hydrogens is 453 g/mol. The van der Waals surface area contributed by atoms with Gasteiger partial charge in [0.15, 0.2) is 0 Å². The molecule has 0 unspecified atom stereocenters. The number of nitrogens with one attached hydrogen (secondary N) is 1. The summed E-state index contributed by atoms with van der Waals surface area (Å²) in [6.45, 7) is 3.90. The van der Waals surface area contributed by atoms with E-state index >= 15 is 0 Å². The van der Waals surface area contributed by atoms with Gasteiger partial charge in [0.25, 0.3) is 10.0 Å². The molecule has 2 aromatic carbocycles. The Kier molecular flexibility index (Phi) is 4.76. The van der Waals surface area contributed by atoms with E-state index in [0.29, 0.717) is 10.2 Å². The highest BCUT2D eigenvalue weighted by atomic mass is 127. The highest BCUT2D eigenvalue weighted by molar-refractivity contribution is 14.1. The molecule has 0 aliphatic rings. The van der Waals surface area contributed by atoms with Gasteiger partial charge >= 0.3 is 0 Å². The van der Waals surface area contributed by atoms with Gasteiger partial charge in [0.2, 0.25) is 0 Å². The lowest BCUT2D eigenvalue weighted by atomic mass is 10.2.